The Balaban J connectivity index is 2.45. The molecule has 78 valence electrons. The van der Waals surface area contributed by atoms with Crippen molar-refractivity contribution in [3.63, 3.8) is 0 Å². The molecule has 2 aromatic heterocycles. The summed E-state index contributed by atoms with van der Waals surface area (Å²) in [5.74, 6) is 0.0631. The maximum atomic E-state index is 11.6. The summed E-state index contributed by atoms with van der Waals surface area (Å²) >= 11 is 0. The van der Waals surface area contributed by atoms with Gasteiger partial charge in [-0.05, 0) is 19.2 Å². The van der Waals surface area contributed by atoms with Crippen molar-refractivity contribution >= 4 is 16.8 Å². The lowest BCUT2D eigenvalue weighted by Crippen LogP contribution is -2.18. The Hall–Kier alpha value is -1.68. The second-order valence-electron chi connectivity index (χ2n) is 3.51. The molecule has 0 radical (unpaired) electrons. The third-order valence-corrected chi connectivity index (χ3v) is 2.39. The molecule has 4 nitrogen and oxygen atoms in total. The number of aromatic nitrogens is 2. The average molecular weight is 203 g/mol. The van der Waals surface area contributed by atoms with Crippen LogP contribution >= 0.6 is 0 Å². The van der Waals surface area contributed by atoms with Crippen LogP contribution in [0.2, 0.25) is 0 Å². The van der Waals surface area contributed by atoms with Crippen LogP contribution in [0.15, 0.2) is 24.5 Å². The van der Waals surface area contributed by atoms with Crippen molar-refractivity contribution in [2.45, 2.75) is 0 Å². The second kappa shape index (κ2) is 3.82. The van der Waals surface area contributed by atoms with Crippen LogP contribution in [0.25, 0.3) is 11.0 Å². The third-order valence-electron chi connectivity index (χ3n) is 2.39. The molecular formula is C11H13N3O. The number of hydrogen-bond acceptors (Lipinski definition) is 3. The molecule has 2 aromatic rings. The Labute approximate surface area is 87.9 Å². The van der Waals surface area contributed by atoms with E-state index in [9.17, 15) is 4.79 Å². The molecule has 0 aliphatic rings. The fourth-order valence-electron chi connectivity index (χ4n) is 1.55. The lowest BCUT2D eigenvalue weighted by atomic mass is 10.2. The van der Waals surface area contributed by atoms with Gasteiger partial charge >= 0.3 is 0 Å². The summed E-state index contributed by atoms with van der Waals surface area (Å²) in [6.07, 6.45) is 3.56. The van der Waals surface area contributed by atoms with Gasteiger partial charge in [-0.1, -0.05) is 0 Å². The van der Waals surface area contributed by atoms with Crippen LogP contribution in [0.5, 0.6) is 0 Å². The van der Waals surface area contributed by atoms with Crippen molar-refractivity contribution in [2.24, 2.45) is 7.05 Å². The van der Waals surface area contributed by atoms with Gasteiger partial charge in [0.25, 0.3) is 0 Å². The number of rotatable bonds is 3. The summed E-state index contributed by atoms with van der Waals surface area (Å²) in [5, 5.41) is 2.84. The van der Waals surface area contributed by atoms with Gasteiger partial charge in [-0.15, -0.1) is 0 Å². The molecular weight excluding hydrogens is 190 g/mol. The number of likely N-dealkylation sites (N-methyl/N-ethyl adjacent to an activating group) is 1. The molecule has 0 fully saturated rings. The number of carbonyl (C=O) groups excluding carboxylic acids is 1. The first kappa shape index (κ1) is 9.86. The van der Waals surface area contributed by atoms with Gasteiger partial charge in [0, 0.05) is 25.0 Å². The SMILES string of the molecule is CNCC(=O)c1cnc2ccn(C)c2c1. The van der Waals surface area contributed by atoms with E-state index >= 15 is 0 Å². The van der Waals surface area contributed by atoms with E-state index in [0.717, 1.165) is 11.0 Å². The highest BCUT2D eigenvalue weighted by Crippen LogP contribution is 2.13. The van der Waals surface area contributed by atoms with Gasteiger partial charge in [-0.2, -0.15) is 0 Å². The highest BCUT2D eigenvalue weighted by molar-refractivity contribution is 5.99. The van der Waals surface area contributed by atoms with Crippen LogP contribution in [0, 0.1) is 0 Å². The first-order valence-electron chi connectivity index (χ1n) is 4.81. The normalized spacial score (nSPS) is 10.8. The van der Waals surface area contributed by atoms with E-state index in [1.165, 1.54) is 0 Å². The van der Waals surface area contributed by atoms with Crippen molar-refractivity contribution < 1.29 is 4.79 Å². The highest BCUT2D eigenvalue weighted by atomic mass is 16.1. The van der Waals surface area contributed by atoms with Crippen molar-refractivity contribution in [1.82, 2.24) is 14.9 Å². The van der Waals surface area contributed by atoms with Crippen molar-refractivity contribution in [3.8, 4) is 0 Å². The maximum absolute atomic E-state index is 11.6. The minimum absolute atomic E-state index is 0.0631. The van der Waals surface area contributed by atoms with Crippen LogP contribution in [-0.2, 0) is 7.05 Å². The molecule has 0 saturated heterocycles. The third kappa shape index (κ3) is 1.76. The maximum Gasteiger partial charge on any atom is 0.178 e. The topological polar surface area (TPSA) is 46.9 Å². The zero-order valence-corrected chi connectivity index (χ0v) is 8.82. The summed E-state index contributed by atoms with van der Waals surface area (Å²) in [6.45, 7) is 0.345. The summed E-state index contributed by atoms with van der Waals surface area (Å²) in [6, 6.07) is 3.81. The molecule has 0 aliphatic heterocycles. The number of fused-ring (bicyclic) bond motifs is 1. The Morgan fingerprint density at radius 1 is 1.60 bits per heavy atom. The average Bonchev–Trinajstić information content (AvgIpc) is 2.60. The molecule has 15 heavy (non-hydrogen) atoms. The lowest BCUT2D eigenvalue weighted by Gasteiger charge is -2.01. The molecule has 0 spiro atoms. The summed E-state index contributed by atoms with van der Waals surface area (Å²) in [7, 11) is 3.70. The van der Waals surface area contributed by atoms with E-state index < -0.39 is 0 Å². The number of carbonyl (C=O) groups is 1. The van der Waals surface area contributed by atoms with Crippen LogP contribution in [-0.4, -0.2) is 28.9 Å². The molecule has 1 N–H and O–H groups in total. The van der Waals surface area contributed by atoms with Crippen LogP contribution in [0.1, 0.15) is 10.4 Å². The van der Waals surface area contributed by atoms with Gasteiger partial charge in [-0.25, -0.2) is 0 Å². The zero-order valence-electron chi connectivity index (χ0n) is 8.82. The number of pyridine rings is 1. The first-order valence-corrected chi connectivity index (χ1v) is 4.81. The Kier molecular flexibility index (Phi) is 2.51. The van der Waals surface area contributed by atoms with E-state index in [4.69, 9.17) is 0 Å². The van der Waals surface area contributed by atoms with E-state index in [-0.39, 0.29) is 5.78 Å². The summed E-state index contributed by atoms with van der Waals surface area (Å²) in [5.41, 5.74) is 2.55. The standard InChI is InChI=1S/C11H13N3O/c1-12-7-11(15)8-5-10-9(13-6-8)3-4-14(10)2/h3-6,12H,7H2,1-2H3. The summed E-state index contributed by atoms with van der Waals surface area (Å²) in [4.78, 5) is 15.8. The van der Waals surface area contributed by atoms with Gasteiger partial charge in [0.05, 0.1) is 17.6 Å². The molecule has 0 bridgehead atoms. The van der Waals surface area contributed by atoms with Crippen LogP contribution in [0.3, 0.4) is 0 Å². The number of Topliss-reactive ketones (excluding diaryl/α,β-unsaturated/α-hetero) is 1. The second-order valence-corrected chi connectivity index (χ2v) is 3.51. The molecule has 2 heterocycles. The minimum Gasteiger partial charge on any atom is -0.349 e. The van der Waals surface area contributed by atoms with Gasteiger partial charge in [0.2, 0.25) is 0 Å². The van der Waals surface area contributed by atoms with Crippen LogP contribution < -0.4 is 5.32 Å². The van der Waals surface area contributed by atoms with Crippen LogP contribution in [0.4, 0.5) is 0 Å². The van der Waals surface area contributed by atoms with Crippen molar-refractivity contribution in [3.05, 3.63) is 30.1 Å². The molecule has 0 aliphatic carbocycles. The van der Waals surface area contributed by atoms with E-state index in [1.807, 2.05) is 29.9 Å². The molecule has 0 aromatic carbocycles. The number of nitrogens with one attached hydrogen (secondary N) is 1. The largest absolute Gasteiger partial charge is 0.349 e. The molecule has 0 saturated carbocycles. The van der Waals surface area contributed by atoms with Gasteiger partial charge in [0.15, 0.2) is 5.78 Å². The van der Waals surface area contributed by atoms with Gasteiger partial charge in [0.1, 0.15) is 0 Å². The molecule has 0 atom stereocenters. The Bertz CT molecular complexity index is 502. The monoisotopic (exact) mass is 203 g/mol. The van der Waals surface area contributed by atoms with Crippen molar-refractivity contribution in [2.75, 3.05) is 13.6 Å². The van der Waals surface area contributed by atoms with E-state index in [2.05, 4.69) is 10.3 Å². The highest BCUT2D eigenvalue weighted by Gasteiger charge is 2.07. The number of aryl methyl sites for hydroxylation is 1. The Morgan fingerprint density at radius 2 is 2.40 bits per heavy atom. The molecule has 0 amide bonds. The number of nitrogens with zero attached hydrogens (tertiary/aromatic N) is 2. The van der Waals surface area contributed by atoms with Gasteiger partial charge in [-0.3, -0.25) is 9.78 Å². The fourth-order valence-corrected chi connectivity index (χ4v) is 1.55. The first-order chi connectivity index (χ1) is 7.22. The predicted octanol–water partition coefficient (Wildman–Crippen LogP) is 0.975. The Morgan fingerprint density at radius 3 is 3.13 bits per heavy atom. The lowest BCUT2D eigenvalue weighted by molar-refractivity contribution is 0.0993. The number of hydrogen-bond donors (Lipinski definition) is 1. The minimum atomic E-state index is 0.0631. The fraction of sp³-hybridized carbons (Fsp3) is 0.273. The summed E-state index contributed by atoms with van der Waals surface area (Å²) < 4.78 is 1.96. The smallest absolute Gasteiger partial charge is 0.178 e. The molecule has 4 heteroatoms. The molecule has 0 unspecified atom stereocenters. The zero-order chi connectivity index (χ0) is 10.8. The number of ketones is 1. The quantitative estimate of drug-likeness (QED) is 0.756. The predicted molar refractivity (Wildman–Crippen MR) is 59.0 cm³/mol. The van der Waals surface area contributed by atoms with E-state index in [0.29, 0.717) is 12.1 Å². The van der Waals surface area contributed by atoms with E-state index in [1.54, 1.807) is 13.2 Å². The molecule has 2 rings (SSSR count). The van der Waals surface area contributed by atoms with Gasteiger partial charge < -0.3 is 9.88 Å². The van der Waals surface area contributed by atoms with Crippen molar-refractivity contribution in [1.29, 1.82) is 0 Å².